The number of hydrogen-bond donors (Lipinski definition) is 0. The number of hydrogen-bond acceptors (Lipinski definition) is 4. The minimum atomic E-state index is 0.487. The Morgan fingerprint density at radius 3 is 2.95 bits per heavy atom. The van der Waals surface area contributed by atoms with Crippen LogP contribution in [0.5, 0.6) is 0 Å². The molecule has 0 aliphatic carbocycles. The van der Waals surface area contributed by atoms with Crippen molar-refractivity contribution < 1.29 is 0 Å². The number of halogens is 1. The predicted octanol–water partition coefficient (Wildman–Crippen LogP) is 2.76. The minimum Gasteiger partial charge on any atom is -0.351 e. The highest BCUT2D eigenvalue weighted by atomic mass is 35.5. The van der Waals surface area contributed by atoms with E-state index in [0.717, 1.165) is 30.9 Å². The zero-order valence-electron chi connectivity index (χ0n) is 12.3. The summed E-state index contributed by atoms with van der Waals surface area (Å²) in [6, 6.07) is 1.17. The summed E-state index contributed by atoms with van der Waals surface area (Å²) < 4.78 is 0. The van der Waals surface area contributed by atoms with Crippen LogP contribution in [0, 0.1) is 0 Å². The Bertz CT molecular complexity index is 479. The summed E-state index contributed by atoms with van der Waals surface area (Å²) in [4.78, 5) is 13.8. The van der Waals surface area contributed by atoms with Gasteiger partial charge in [0.05, 0.1) is 0 Å². The molecular weight excluding hydrogens is 272 g/mol. The SMILES string of the molecule is CCc1c(Cl)ncnc1N1CC2CCCCN2CC1C. The lowest BCUT2D eigenvalue weighted by Crippen LogP contribution is -2.59. The molecule has 5 heteroatoms. The van der Waals surface area contributed by atoms with Crippen LogP contribution >= 0.6 is 11.6 Å². The maximum atomic E-state index is 6.25. The van der Waals surface area contributed by atoms with Crippen LogP contribution in [-0.4, -0.2) is 46.6 Å². The number of piperidine rings is 1. The summed E-state index contributed by atoms with van der Waals surface area (Å²) in [5.41, 5.74) is 1.09. The normalized spacial score (nSPS) is 27.4. The summed E-state index contributed by atoms with van der Waals surface area (Å²) in [6.07, 6.45) is 6.49. The first-order valence-electron chi connectivity index (χ1n) is 7.70. The molecule has 110 valence electrons. The van der Waals surface area contributed by atoms with Gasteiger partial charge in [-0.1, -0.05) is 24.9 Å². The molecule has 0 bridgehead atoms. The van der Waals surface area contributed by atoms with Crippen LogP contribution in [0.25, 0.3) is 0 Å². The average molecular weight is 295 g/mol. The van der Waals surface area contributed by atoms with E-state index < -0.39 is 0 Å². The van der Waals surface area contributed by atoms with E-state index in [4.69, 9.17) is 11.6 Å². The topological polar surface area (TPSA) is 32.3 Å². The third-order valence-corrected chi connectivity index (χ3v) is 5.01. The zero-order chi connectivity index (χ0) is 14.1. The zero-order valence-corrected chi connectivity index (χ0v) is 13.1. The van der Waals surface area contributed by atoms with Gasteiger partial charge < -0.3 is 4.90 Å². The van der Waals surface area contributed by atoms with E-state index in [1.807, 2.05) is 0 Å². The molecule has 2 aliphatic heterocycles. The van der Waals surface area contributed by atoms with Crippen molar-refractivity contribution in [3.05, 3.63) is 17.0 Å². The van der Waals surface area contributed by atoms with Gasteiger partial charge in [-0.15, -0.1) is 0 Å². The smallest absolute Gasteiger partial charge is 0.137 e. The van der Waals surface area contributed by atoms with Crippen molar-refractivity contribution >= 4 is 17.4 Å². The molecular formula is C15H23ClN4. The average Bonchev–Trinajstić information content (AvgIpc) is 2.46. The minimum absolute atomic E-state index is 0.487. The fourth-order valence-corrected chi connectivity index (χ4v) is 3.84. The van der Waals surface area contributed by atoms with Crippen LogP contribution in [0.3, 0.4) is 0 Å². The maximum Gasteiger partial charge on any atom is 0.137 e. The first kappa shape index (κ1) is 14.1. The van der Waals surface area contributed by atoms with Gasteiger partial charge in [0.15, 0.2) is 0 Å². The first-order valence-corrected chi connectivity index (χ1v) is 8.08. The second-order valence-corrected chi connectivity index (χ2v) is 6.32. The highest BCUT2D eigenvalue weighted by molar-refractivity contribution is 6.30. The fourth-order valence-electron chi connectivity index (χ4n) is 3.58. The second kappa shape index (κ2) is 5.86. The predicted molar refractivity (Wildman–Crippen MR) is 82.4 cm³/mol. The lowest BCUT2D eigenvalue weighted by atomic mass is 9.97. The van der Waals surface area contributed by atoms with Crippen LogP contribution in [0.4, 0.5) is 5.82 Å². The van der Waals surface area contributed by atoms with Crippen LogP contribution < -0.4 is 4.90 Å². The molecule has 0 N–H and O–H groups in total. The largest absolute Gasteiger partial charge is 0.351 e. The Morgan fingerprint density at radius 1 is 1.30 bits per heavy atom. The number of nitrogens with zero attached hydrogens (tertiary/aromatic N) is 4. The third kappa shape index (κ3) is 2.51. The molecule has 0 aromatic carbocycles. The number of fused-ring (bicyclic) bond motifs is 1. The molecule has 3 rings (SSSR count). The van der Waals surface area contributed by atoms with Crippen LogP contribution in [0.1, 0.15) is 38.7 Å². The van der Waals surface area contributed by atoms with E-state index in [2.05, 4.69) is 33.6 Å². The highest BCUT2D eigenvalue weighted by Gasteiger charge is 2.34. The van der Waals surface area contributed by atoms with Crippen LogP contribution in [-0.2, 0) is 6.42 Å². The summed E-state index contributed by atoms with van der Waals surface area (Å²) in [7, 11) is 0. The first-order chi connectivity index (χ1) is 9.70. The molecule has 20 heavy (non-hydrogen) atoms. The van der Waals surface area contributed by atoms with E-state index in [1.54, 1.807) is 6.33 Å². The Hall–Kier alpha value is -0.870. The summed E-state index contributed by atoms with van der Waals surface area (Å²) in [6.45, 7) is 7.88. The van der Waals surface area contributed by atoms with E-state index in [1.165, 1.54) is 25.8 Å². The number of rotatable bonds is 2. The molecule has 2 fully saturated rings. The summed E-state index contributed by atoms with van der Waals surface area (Å²) in [5, 5.41) is 0.607. The third-order valence-electron chi connectivity index (χ3n) is 4.68. The number of aromatic nitrogens is 2. The summed E-state index contributed by atoms with van der Waals surface area (Å²) in [5.74, 6) is 1.05. The molecule has 2 atom stereocenters. The lowest BCUT2D eigenvalue weighted by molar-refractivity contribution is 0.115. The Morgan fingerprint density at radius 2 is 2.15 bits per heavy atom. The highest BCUT2D eigenvalue weighted by Crippen LogP contribution is 2.30. The standard InChI is InChI=1S/C15H23ClN4/c1-3-13-14(16)17-10-18-15(13)20-9-12-6-4-5-7-19(12)8-11(20)2/h10-12H,3-9H2,1-2H3. The van der Waals surface area contributed by atoms with Gasteiger partial charge in [0.2, 0.25) is 0 Å². The second-order valence-electron chi connectivity index (χ2n) is 5.97. The van der Waals surface area contributed by atoms with Crippen molar-refractivity contribution in [3.63, 3.8) is 0 Å². The molecule has 0 amide bonds. The van der Waals surface area contributed by atoms with Crippen molar-refractivity contribution in [1.82, 2.24) is 14.9 Å². The monoisotopic (exact) mass is 294 g/mol. The quantitative estimate of drug-likeness (QED) is 0.785. The van der Waals surface area contributed by atoms with E-state index in [-0.39, 0.29) is 0 Å². The van der Waals surface area contributed by atoms with E-state index >= 15 is 0 Å². The molecule has 1 aromatic rings. The van der Waals surface area contributed by atoms with Crippen molar-refractivity contribution in [2.24, 2.45) is 0 Å². The molecule has 2 aliphatic rings. The van der Waals surface area contributed by atoms with Crippen LogP contribution in [0.2, 0.25) is 5.15 Å². The Kier molecular flexibility index (Phi) is 4.13. The number of piperazine rings is 1. The Labute approximate surface area is 126 Å². The van der Waals surface area contributed by atoms with Gasteiger partial charge in [0.25, 0.3) is 0 Å². The molecule has 0 spiro atoms. The van der Waals surface area contributed by atoms with Gasteiger partial charge in [-0.25, -0.2) is 9.97 Å². The molecule has 3 heterocycles. The van der Waals surface area contributed by atoms with Gasteiger partial charge in [-0.3, -0.25) is 4.90 Å². The molecule has 2 unspecified atom stereocenters. The number of anilines is 1. The van der Waals surface area contributed by atoms with Gasteiger partial charge in [0, 0.05) is 30.7 Å². The summed E-state index contributed by atoms with van der Waals surface area (Å²) >= 11 is 6.25. The van der Waals surface area contributed by atoms with Crippen molar-refractivity contribution in [2.75, 3.05) is 24.5 Å². The van der Waals surface area contributed by atoms with E-state index in [0.29, 0.717) is 17.2 Å². The Balaban J connectivity index is 1.88. The van der Waals surface area contributed by atoms with E-state index in [9.17, 15) is 0 Å². The fraction of sp³-hybridized carbons (Fsp3) is 0.733. The molecule has 1 aromatic heterocycles. The van der Waals surface area contributed by atoms with Crippen molar-refractivity contribution in [2.45, 2.75) is 51.6 Å². The molecule has 4 nitrogen and oxygen atoms in total. The maximum absolute atomic E-state index is 6.25. The molecule has 0 radical (unpaired) electrons. The van der Waals surface area contributed by atoms with Gasteiger partial charge in [0.1, 0.15) is 17.3 Å². The van der Waals surface area contributed by atoms with Crippen molar-refractivity contribution in [1.29, 1.82) is 0 Å². The van der Waals surface area contributed by atoms with Gasteiger partial charge >= 0.3 is 0 Å². The molecule has 0 saturated carbocycles. The molecule has 2 saturated heterocycles. The van der Waals surface area contributed by atoms with Gasteiger partial charge in [-0.2, -0.15) is 0 Å². The van der Waals surface area contributed by atoms with Crippen molar-refractivity contribution in [3.8, 4) is 0 Å². The van der Waals surface area contributed by atoms with Crippen LogP contribution in [0.15, 0.2) is 6.33 Å². The lowest BCUT2D eigenvalue weighted by Gasteiger charge is -2.48. The van der Waals surface area contributed by atoms with Gasteiger partial charge in [-0.05, 0) is 32.7 Å².